The lowest BCUT2D eigenvalue weighted by molar-refractivity contribution is -0.120. The lowest BCUT2D eigenvalue weighted by Gasteiger charge is -2.03. The highest BCUT2D eigenvalue weighted by Crippen LogP contribution is 2.17. The van der Waals surface area contributed by atoms with E-state index in [0.717, 1.165) is 16.6 Å². The van der Waals surface area contributed by atoms with Crippen LogP contribution in [0.4, 0.5) is 0 Å². The van der Waals surface area contributed by atoms with Gasteiger partial charge in [-0.15, -0.1) is 0 Å². The summed E-state index contributed by atoms with van der Waals surface area (Å²) in [5.41, 5.74) is 5.74. The summed E-state index contributed by atoms with van der Waals surface area (Å²) in [6.07, 6.45) is 3.06. The van der Waals surface area contributed by atoms with Gasteiger partial charge in [-0.1, -0.05) is 6.07 Å². The first-order chi connectivity index (χ1) is 12.0. The molecule has 0 radical (unpaired) electrons. The fourth-order valence-corrected chi connectivity index (χ4v) is 2.37. The van der Waals surface area contributed by atoms with E-state index >= 15 is 0 Å². The number of hydrazone groups is 1. The van der Waals surface area contributed by atoms with Crippen molar-refractivity contribution in [1.82, 2.24) is 15.4 Å². The second kappa shape index (κ2) is 6.96. The molecule has 0 saturated carbocycles. The van der Waals surface area contributed by atoms with Gasteiger partial charge in [0.15, 0.2) is 5.78 Å². The van der Waals surface area contributed by atoms with Crippen molar-refractivity contribution in [3.05, 3.63) is 59.4 Å². The van der Waals surface area contributed by atoms with E-state index in [9.17, 15) is 14.7 Å². The van der Waals surface area contributed by atoms with Crippen LogP contribution in [0.3, 0.4) is 0 Å². The Balaban J connectivity index is 1.64. The van der Waals surface area contributed by atoms with Crippen molar-refractivity contribution < 1.29 is 14.7 Å². The molecular weight excluding hydrogens is 320 g/mol. The Morgan fingerprint density at radius 3 is 2.92 bits per heavy atom. The molecule has 3 aromatic rings. The smallest absolute Gasteiger partial charge is 0.244 e. The molecule has 1 amide bonds. The zero-order chi connectivity index (χ0) is 17.8. The van der Waals surface area contributed by atoms with Crippen LogP contribution >= 0.6 is 0 Å². The molecular formula is C18H16N4O3. The molecule has 25 heavy (non-hydrogen) atoms. The predicted molar refractivity (Wildman–Crippen MR) is 93.6 cm³/mol. The van der Waals surface area contributed by atoms with Gasteiger partial charge in [-0.3, -0.25) is 9.59 Å². The van der Waals surface area contributed by atoms with Crippen LogP contribution in [0.15, 0.2) is 47.8 Å². The molecule has 1 heterocycles. The third-order valence-corrected chi connectivity index (χ3v) is 3.68. The molecule has 0 fully saturated rings. The number of hydrogen-bond acceptors (Lipinski definition) is 5. The molecule has 0 aliphatic heterocycles. The highest BCUT2D eigenvalue weighted by molar-refractivity contribution is 5.97. The Morgan fingerprint density at radius 1 is 1.28 bits per heavy atom. The number of nitrogens with zero attached hydrogens (tertiary/aromatic N) is 2. The van der Waals surface area contributed by atoms with Gasteiger partial charge >= 0.3 is 0 Å². The molecule has 7 nitrogen and oxygen atoms in total. The Kier molecular flexibility index (Phi) is 4.56. The van der Waals surface area contributed by atoms with Crippen LogP contribution in [-0.4, -0.2) is 33.0 Å². The van der Waals surface area contributed by atoms with E-state index in [-0.39, 0.29) is 23.9 Å². The van der Waals surface area contributed by atoms with Crippen molar-refractivity contribution in [2.45, 2.75) is 13.3 Å². The number of aromatic amines is 1. The number of nitrogens with one attached hydrogen (secondary N) is 2. The number of Topliss-reactive ketones (excluding diaryl/α,β-unsaturated/α-hetero) is 1. The van der Waals surface area contributed by atoms with Gasteiger partial charge < -0.3 is 10.1 Å². The first-order valence-corrected chi connectivity index (χ1v) is 7.61. The number of ketones is 1. The number of benzene rings is 2. The molecule has 126 valence electrons. The minimum absolute atomic E-state index is 0.0207. The van der Waals surface area contributed by atoms with Gasteiger partial charge in [0.05, 0.1) is 30.0 Å². The van der Waals surface area contributed by atoms with Crippen molar-refractivity contribution >= 4 is 28.9 Å². The van der Waals surface area contributed by atoms with Crippen LogP contribution in [0, 0.1) is 0 Å². The monoisotopic (exact) mass is 336 g/mol. The van der Waals surface area contributed by atoms with Crippen molar-refractivity contribution in [3.8, 4) is 5.75 Å². The zero-order valence-corrected chi connectivity index (χ0v) is 13.5. The second-order valence-electron chi connectivity index (χ2n) is 5.55. The van der Waals surface area contributed by atoms with Crippen LogP contribution in [-0.2, 0) is 11.2 Å². The van der Waals surface area contributed by atoms with E-state index < -0.39 is 0 Å². The molecule has 0 saturated heterocycles. The van der Waals surface area contributed by atoms with Gasteiger partial charge in [0, 0.05) is 11.1 Å². The molecule has 0 aliphatic carbocycles. The van der Waals surface area contributed by atoms with Gasteiger partial charge in [0.1, 0.15) is 5.75 Å². The number of phenolic OH excluding ortho intramolecular Hbond substituents is 1. The number of phenols is 1. The quantitative estimate of drug-likeness (QED) is 0.377. The molecule has 0 atom stereocenters. The molecule has 0 bridgehead atoms. The maximum Gasteiger partial charge on any atom is 0.244 e. The van der Waals surface area contributed by atoms with Gasteiger partial charge in [-0.2, -0.15) is 5.10 Å². The van der Waals surface area contributed by atoms with Crippen LogP contribution in [0.5, 0.6) is 5.75 Å². The standard InChI is InChI=1S/C18H16N4O3/c1-11(23)13-3-5-17(24)14(8-13)9-21-22-18(25)7-12-2-4-15-16(6-12)20-10-19-15/h2-6,8-10,24H,7H2,1H3,(H,19,20)(H,22,25)/b21-9+. The SMILES string of the molecule is CC(=O)c1ccc(O)c(/C=N/NC(=O)Cc2ccc3nc[nH]c3c2)c1. The summed E-state index contributed by atoms with van der Waals surface area (Å²) in [5, 5.41) is 13.6. The van der Waals surface area contributed by atoms with Crippen LogP contribution in [0.25, 0.3) is 11.0 Å². The number of imidazole rings is 1. The number of aromatic nitrogens is 2. The maximum atomic E-state index is 12.0. The average Bonchev–Trinajstić information content (AvgIpc) is 3.04. The van der Waals surface area contributed by atoms with E-state index in [1.165, 1.54) is 31.3 Å². The molecule has 0 unspecified atom stereocenters. The summed E-state index contributed by atoms with van der Waals surface area (Å²) < 4.78 is 0. The predicted octanol–water partition coefficient (Wildman–Crippen LogP) is 2.16. The van der Waals surface area contributed by atoms with Crippen molar-refractivity contribution in [3.63, 3.8) is 0 Å². The summed E-state index contributed by atoms with van der Waals surface area (Å²) in [7, 11) is 0. The van der Waals surface area contributed by atoms with Crippen molar-refractivity contribution in [1.29, 1.82) is 0 Å². The number of H-pyrrole nitrogens is 1. The molecule has 7 heteroatoms. The summed E-state index contributed by atoms with van der Waals surface area (Å²) in [4.78, 5) is 30.4. The number of fused-ring (bicyclic) bond motifs is 1. The fourth-order valence-electron chi connectivity index (χ4n) is 2.37. The van der Waals surface area contributed by atoms with Gasteiger partial charge in [0.25, 0.3) is 0 Å². The van der Waals surface area contributed by atoms with Gasteiger partial charge in [0.2, 0.25) is 5.91 Å². The summed E-state index contributed by atoms with van der Waals surface area (Å²) in [6.45, 7) is 1.44. The van der Waals surface area contributed by atoms with E-state index in [2.05, 4.69) is 20.5 Å². The Labute approximate surface area is 143 Å². The minimum atomic E-state index is -0.294. The Hall–Kier alpha value is -3.48. The lowest BCUT2D eigenvalue weighted by atomic mass is 10.1. The number of amides is 1. The normalized spacial score (nSPS) is 11.1. The molecule has 2 aromatic carbocycles. The second-order valence-corrected chi connectivity index (χ2v) is 5.55. The maximum absolute atomic E-state index is 12.0. The number of carbonyl (C=O) groups is 2. The van der Waals surface area contributed by atoms with E-state index in [1.807, 2.05) is 18.2 Å². The van der Waals surface area contributed by atoms with E-state index in [0.29, 0.717) is 11.1 Å². The number of carbonyl (C=O) groups excluding carboxylic acids is 2. The number of rotatable bonds is 5. The highest BCUT2D eigenvalue weighted by atomic mass is 16.3. The molecule has 0 aliphatic rings. The fraction of sp³-hybridized carbons (Fsp3) is 0.111. The van der Waals surface area contributed by atoms with Crippen molar-refractivity contribution in [2.24, 2.45) is 5.10 Å². The van der Waals surface area contributed by atoms with Gasteiger partial charge in [-0.05, 0) is 42.8 Å². The third-order valence-electron chi connectivity index (χ3n) is 3.68. The van der Waals surface area contributed by atoms with Crippen LogP contribution in [0.1, 0.15) is 28.4 Å². The summed E-state index contributed by atoms with van der Waals surface area (Å²) >= 11 is 0. The number of hydrogen-bond donors (Lipinski definition) is 3. The molecule has 3 rings (SSSR count). The number of aromatic hydroxyl groups is 1. The van der Waals surface area contributed by atoms with Crippen molar-refractivity contribution in [2.75, 3.05) is 0 Å². The Bertz CT molecular complexity index is 975. The molecule has 1 aromatic heterocycles. The van der Waals surface area contributed by atoms with Crippen LogP contribution in [0.2, 0.25) is 0 Å². The minimum Gasteiger partial charge on any atom is -0.507 e. The molecule has 3 N–H and O–H groups in total. The Morgan fingerprint density at radius 2 is 2.12 bits per heavy atom. The largest absolute Gasteiger partial charge is 0.507 e. The molecule has 0 spiro atoms. The lowest BCUT2D eigenvalue weighted by Crippen LogP contribution is -2.19. The van der Waals surface area contributed by atoms with Crippen LogP contribution < -0.4 is 5.43 Å². The van der Waals surface area contributed by atoms with E-state index in [1.54, 1.807) is 6.33 Å². The van der Waals surface area contributed by atoms with E-state index in [4.69, 9.17) is 0 Å². The summed E-state index contributed by atoms with van der Waals surface area (Å²) in [6, 6.07) is 9.98. The first kappa shape index (κ1) is 16.4. The third kappa shape index (κ3) is 3.89. The first-order valence-electron chi connectivity index (χ1n) is 7.61. The van der Waals surface area contributed by atoms with Gasteiger partial charge in [-0.25, -0.2) is 10.4 Å². The topological polar surface area (TPSA) is 107 Å². The highest BCUT2D eigenvalue weighted by Gasteiger charge is 2.06. The average molecular weight is 336 g/mol. The zero-order valence-electron chi connectivity index (χ0n) is 13.5. The summed E-state index contributed by atoms with van der Waals surface area (Å²) in [5.74, 6) is -0.432.